The van der Waals surface area contributed by atoms with Crippen LogP contribution in [0.15, 0.2) is 18.2 Å². The van der Waals surface area contributed by atoms with Crippen molar-refractivity contribution >= 4 is 0 Å². The molecule has 82 valence electrons. The maximum atomic E-state index is 9.40. The van der Waals surface area contributed by atoms with Crippen molar-refractivity contribution in [1.82, 2.24) is 0 Å². The zero-order valence-electron chi connectivity index (χ0n) is 9.50. The summed E-state index contributed by atoms with van der Waals surface area (Å²) in [5.74, 6) is 1.29. The number of hydrogen-bond acceptors (Lipinski definition) is 1. The Labute approximate surface area is 92.1 Å². The molecule has 1 atom stereocenters. The van der Waals surface area contributed by atoms with Gasteiger partial charge in [-0.25, -0.2) is 0 Å². The predicted octanol–water partition coefficient (Wildman–Crippen LogP) is 3.69. The van der Waals surface area contributed by atoms with E-state index >= 15 is 0 Å². The summed E-state index contributed by atoms with van der Waals surface area (Å²) < 4.78 is 0. The standard InChI is InChI=1S/C14H20O/c1-2-3-4-11-5-6-13-10-14(15)8-7-12(13)9-11/h7-8,10-11,15H,2-6,9H2,1H3. The summed E-state index contributed by atoms with van der Waals surface area (Å²) >= 11 is 0. The molecule has 1 aliphatic rings. The fourth-order valence-corrected chi connectivity index (χ4v) is 2.56. The van der Waals surface area contributed by atoms with Crippen LogP contribution in [0.3, 0.4) is 0 Å². The Bertz CT molecular complexity index is 330. The van der Waals surface area contributed by atoms with Crippen molar-refractivity contribution in [2.24, 2.45) is 5.92 Å². The van der Waals surface area contributed by atoms with E-state index in [1.165, 1.54) is 43.2 Å². The molecular formula is C14H20O. The monoisotopic (exact) mass is 204 g/mol. The van der Waals surface area contributed by atoms with E-state index in [2.05, 4.69) is 13.0 Å². The van der Waals surface area contributed by atoms with Gasteiger partial charge in [0.1, 0.15) is 5.75 Å². The molecule has 0 saturated carbocycles. The molecular weight excluding hydrogens is 184 g/mol. The lowest BCUT2D eigenvalue weighted by atomic mass is 9.81. The van der Waals surface area contributed by atoms with E-state index in [1.807, 2.05) is 12.1 Å². The Hall–Kier alpha value is -0.980. The number of hydrogen-bond donors (Lipinski definition) is 1. The topological polar surface area (TPSA) is 20.2 Å². The quantitative estimate of drug-likeness (QED) is 0.796. The lowest BCUT2D eigenvalue weighted by Crippen LogP contribution is -2.13. The molecule has 1 N–H and O–H groups in total. The molecule has 0 amide bonds. The Balaban J connectivity index is 2.03. The molecule has 1 aromatic carbocycles. The molecule has 1 aliphatic carbocycles. The molecule has 0 fully saturated rings. The van der Waals surface area contributed by atoms with E-state index in [0.717, 1.165) is 12.3 Å². The third-order valence-corrected chi connectivity index (χ3v) is 3.49. The molecule has 1 heteroatoms. The van der Waals surface area contributed by atoms with Gasteiger partial charge in [-0.15, -0.1) is 0 Å². The fraction of sp³-hybridized carbons (Fsp3) is 0.571. The van der Waals surface area contributed by atoms with E-state index in [9.17, 15) is 5.11 Å². The molecule has 0 bridgehead atoms. The third kappa shape index (κ3) is 2.53. The van der Waals surface area contributed by atoms with E-state index < -0.39 is 0 Å². The minimum absolute atomic E-state index is 0.417. The number of aryl methyl sites for hydroxylation is 1. The van der Waals surface area contributed by atoms with Gasteiger partial charge in [-0.3, -0.25) is 0 Å². The smallest absolute Gasteiger partial charge is 0.115 e. The van der Waals surface area contributed by atoms with Crippen LogP contribution in [-0.2, 0) is 12.8 Å². The van der Waals surface area contributed by atoms with Gasteiger partial charge in [-0.2, -0.15) is 0 Å². The number of phenols is 1. The van der Waals surface area contributed by atoms with Gasteiger partial charge in [0.15, 0.2) is 0 Å². The maximum absolute atomic E-state index is 9.40. The van der Waals surface area contributed by atoms with E-state index in [4.69, 9.17) is 0 Å². The van der Waals surface area contributed by atoms with Crippen LogP contribution in [0.2, 0.25) is 0 Å². The first-order chi connectivity index (χ1) is 7.29. The van der Waals surface area contributed by atoms with E-state index in [1.54, 1.807) is 0 Å². The molecule has 0 spiro atoms. The van der Waals surface area contributed by atoms with Gasteiger partial charge in [-0.1, -0.05) is 32.3 Å². The van der Waals surface area contributed by atoms with Crippen molar-refractivity contribution in [3.8, 4) is 5.75 Å². The first-order valence-electron chi connectivity index (χ1n) is 6.10. The molecule has 0 aliphatic heterocycles. The molecule has 2 rings (SSSR count). The van der Waals surface area contributed by atoms with Crippen LogP contribution < -0.4 is 0 Å². The number of unbranched alkanes of at least 4 members (excludes halogenated alkanes) is 1. The maximum Gasteiger partial charge on any atom is 0.115 e. The van der Waals surface area contributed by atoms with Crippen molar-refractivity contribution in [3.05, 3.63) is 29.3 Å². The van der Waals surface area contributed by atoms with Crippen LogP contribution in [0.1, 0.15) is 43.7 Å². The lowest BCUT2D eigenvalue weighted by Gasteiger charge is -2.24. The molecule has 0 aromatic heterocycles. The highest BCUT2D eigenvalue weighted by molar-refractivity contribution is 5.36. The Morgan fingerprint density at radius 1 is 1.33 bits per heavy atom. The van der Waals surface area contributed by atoms with Crippen molar-refractivity contribution in [3.63, 3.8) is 0 Å². The van der Waals surface area contributed by atoms with Gasteiger partial charge in [-0.05, 0) is 48.4 Å². The summed E-state index contributed by atoms with van der Waals surface area (Å²) in [6, 6.07) is 5.86. The molecule has 1 aromatic rings. The second-order valence-electron chi connectivity index (χ2n) is 4.70. The second-order valence-corrected chi connectivity index (χ2v) is 4.70. The highest BCUT2D eigenvalue weighted by Gasteiger charge is 2.18. The van der Waals surface area contributed by atoms with Gasteiger partial charge in [0, 0.05) is 0 Å². The molecule has 1 unspecified atom stereocenters. The first kappa shape index (κ1) is 10.5. The SMILES string of the molecule is CCCCC1CCc2cc(O)ccc2C1. The second kappa shape index (κ2) is 4.69. The van der Waals surface area contributed by atoms with Crippen molar-refractivity contribution in [2.45, 2.75) is 45.4 Å². The van der Waals surface area contributed by atoms with E-state index in [0.29, 0.717) is 5.75 Å². The molecule has 0 radical (unpaired) electrons. The molecule has 0 saturated heterocycles. The average Bonchev–Trinajstić information content (AvgIpc) is 2.26. The summed E-state index contributed by atoms with van der Waals surface area (Å²) in [6.45, 7) is 2.26. The van der Waals surface area contributed by atoms with E-state index in [-0.39, 0.29) is 0 Å². The van der Waals surface area contributed by atoms with Gasteiger partial charge in [0.25, 0.3) is 0 Å². The number of phenolic OH excluding ortho intramolecular Hbond substituents is 1. The summed E-state index contributed by atoms with van der Waals surface area (Å²) in [4.78, 5) is 0. The Morgan fingerprint density at radius 2 is 2.20 bits per heavy atom. The minimum atomic E-state index is 0.417. The van der Waals surface area contributed by atoms with Crippen molar-refractivity contribution in [1.29, 1.82) is 0 Å². The van der Waals surface area contributed by atoms with Crippen LogP contribution in [0, 0.1) is 5.92 Å². The number of aromatic hydroxyl groups is 1. The predicted molar refractivity (Wildman–Crippen MR) is 63.1 cm³/mol. The average molecular weight is 204 g/mol. The normalized spacial score (nSPS) is 19.9. The fourth-order valence-electron chi connectivity index (χ4n) is 2.56. The zero-order chi connectivity index (χ0) is 10.7. The number of rotatable bonds is 3. The lowest BCUT2D eigenvalue weighted by molar-refractivity contribution is 0.410. The third-order valence-electron chi connectivity index (χ3n) is 3.49. The molecule has 0 heterocycles. The van der Waals surface area contributed by atoms with Crippen LogP contribution in [0.4, 0.5) is 0 Å². The van der Waals surface area contributed by atoms with Gasteiger partial charge >= 0.3 is 0 Å². The van der Waals surface area contributed by atoms with Gasteiger partial charge in [0.2, 0.25) is 0 Å². The molecule has 15 heavy (non-hydrogen) atoms. The summed E-state index contributed by atoms with van der Waals surface area (Å²) in [7, 11) is 0. The van der Waals surface area contributed by atoms with Crippen LogP contribution in [0.25, 0.3) is 0 Å². The van der Waals surface area contributed by atoms with Crippen LogP contribution in [-0.4, -0.2) is 5.11 Å². The van der Waals surface area contributed by atoms with Crippen molar-refractivity contribution < 1.29 is 5.11 Å². The number of fused-ring (bicyclic) bond motifs is 1. The highest BCUT2D eigenvalue weighted by atomic mass is 16.3. The van der Waals surface area contributed by atoms with Crippen LogP contribution >= 0.6 is 0 Å². The Morgan fingerprint density at radius 3 is 3.00 bits per heavy atom. The number of benzene rings is 1. The van der Waals surface area contributed by atoms with Gasteiger partial charge in [0.05, 0.1) is 0 Å². The Kier molecular flexibility index (Phi) is 3.30. The molecule has 1 nitrogen and oxygen atoms in total. The summed E-state index contributed by atoms with van der Waals surface area (Å²) in [6.07, 6.45) is 7.71. The summed E-state index contributed by atoms with van der Waals surface area (Å²) in [5.41, 5.74) is 2.82. The van der Waals surface area contributed by atoms with Gasteiger partial charge < -0.3 is 5.11 Å². The van der Waals surface area contributed by atoms with Crippen molar-refractivity contribution in [2.75, 3.05) is 0 Å². The summed E-state index contributed by atoms with van der Waals surface area (Å²) in [5, 5.41) is 9.40. The zero-order valence-corrected chi connectivity index (χ0v) is 9.50. The minimum Gasteiger partial charge on any atom is -0.508 e. The highest BCUT2D eigenvalue weighted by Crippen LogP contribution is 2.30. The first-order valence-corrected chi connectivity index (χ1v) is 6.10. The van der Waals surface area contributed by atoms with Crippen LogP contribution in [0.5, 0.6) is 5.75 Å². The largest absolute Gasteiger partial charge is 0.508 e.